The van der Waals surface area contributed by atoms with Crippen molar-refractivity contribution in [2.75, 3.05) is 0 Å². The second-order valence-electron chi connectivity index (χ2n) is 1.74. The van der Waals surface area contributed by atoms with Crippen LogP contribution in [-0.4, -0.2) is 10.2 Å². The Kier molecular flexibility index (Phi) is 1.20. The summed E-state index contributed by atoms with van der Waals surface area (Å²) in [6, 6.07) is 0. The molecule has 4 heteroatoms. The lowest BCUT2D eigenvalue weighted by molar-refractivity contribution is 1.15. The van der Waals surface area contributed by atoms with Gasteiger partial charge in [-0.3, -0.25) is 0 Å². The third-order valence-corrected chi connectivity index (χ3v) is 1.86. The summed E-state index contributed by atoms with van der Waals surface area (Å²) >= 11 is 1.41. The largest absolute Gasteiger partial charge is 0.198 e. The molecular weight excluding hydrogens is 146 g/mol. The van der Waals surface area contributed by atoms with E-state index in [0.717, 1.165) is 9.89 Å². The number of nitrogens with zero attached hydrogens (tertiary/aromatic N) is 3. The Morgan fingerprint density at radius 1 is 1.50 bits per heavy atom. The monoisotopic (exact) mass is 149 g/mol. The molecule has 0 unspecified atom stereocenters. The molecule has 0 aromatic carbocycles. The van der Waals surface area contributed by atoms with Crippen LogP contribution in [-0.2, 0) is 0 Å². The standard InChI is InChI=1S/C6H3N3S/c1-2-6-5(4-8-10-6)9-7-3-1/h1-2,4H. The first-order valence-corrected chi connectivity index (χ1v) is 3.51. The molecule has 0 radical (unpaired) electrons. The molecule has 0 aliphatic carbocycles. The smallest absolute Gasteiger partial charge is 0.124 e. The molecule has 0 saturated heterocycles. The molecule has 1 aromatic heterocycles. The molecular formula is C6H3N3S. The quantitative estimate of drug-likeness (QED) is 0.499. The van der Waals surface area contributed by atoms with Crippen LogP contribution in [0.1, 0.15) is 0 Å². The molecule has 1 aliphatic rings. The Balaban J connectivity index is 2.94. The SMILES string of the molecule is C1=CC=c2sncc2=NN=1. The van der Waals surface area contributed by atoms with Crippen molar-refractivity contribution < 1.29 is 0 Å². The van der Waals surface area contributed by atoms with Crippen LogP contribution >= 0.6 is 11.5 Å². The van der Waals surface area contributed by atoms with E-state index in [9.17, 15) is 0 Å². The lowest BCUT2D eigenvalue weighted by atomic mass is 10.5. The summed E-state index contributed by atoms with van der Waals surface area (Å²) < 4.78 is 4.99. The minimum absolute atomic E-state index is 0.825. The van der Waals surface area contributed by atoms with Crippen LogP contribution in [0.15, 0.2) is 22.5 Å². The van der Waals surface area contributed by atoms with Crippen molar-refractivity contribution in [3.05, 3.63) is 22.2 Å². The van der Waals surface area contributed by atoms with Crippen molar-refractivity contribution in [1.29, 1.82) is 0 Å². The third kappa shape index (κ3) is 0.795. The molecule has 3 nitrogen and oxygen atoms in total. The fourth-order valence-corrected chi connectivity index (χ4v) is 1.25. The van der Waals surface area contributed by atoms with Gasteiger partial charge in [0.1, 0.15) is 5.36 Å². The summed E-state index contributed by atoms with van der Waals surface area (Å²) in [5.74, 6) is 2.64. The van der Waals surface area contributed by atoms with E-state index in [1.165, 1.54) is 11.5 Å². The molecule has 0 amide bonds. The topological polar surface area (TPSA) is 37.6 Å². The lowest BCUT2D eigenvalue weighted by Gasteiger charge is -1.65. The van der Waals surface area contributed by atoms with E-state index in [-0.39, 0.29) is 0 Å². The fraction of sp³-hybridized carbons (Fsp3) is 0. The molecule has 0 spiro atoms. The first-order chi connectivity index (χ1) is 4.97. The molecule has 0 N–H and O–H groups in total. The van der Waals surface area contributed by atoms with Gasteiger partial charge in [-0.05, 0) is 17.6 Å². The van der Waals surface area contributed by atoms with Crippen LogP contribution in [0.25, 0.3) is 6.08 Å². The average Bonchev–Trinajstić information content (AvgIpc) is 2.28. The molecule has 10 heavy (non-hydrogen) atoms. The number of hydrogen-bond acceptors (Lipinski definition) is 4. The van der Waals surface area contributed by atoms with E-state index in [1.54, 1.807) is 12.3 Å². The van der Waals surface area contributed by atoms with Gasteiger partial charge in [-0.2, -0.15) is 4.37 Å². The highest BCUT2D eigenvalue weighted by Crippen LogP contribution is 1.77. The molecule has 0 bridgehead atoms. The molecule has 0 fully saturated rings. The normalized spacial score (nSPS) is 13.2. The summed E-state index contributed by atoms with van der Waals surface area (Å²) in [5.41, 5.74) is 0. The van der Waals surface area contributed by atoms with Crippen molar-refractivity contribution >= 4 is 23.5 Å². The molecule has 2 heterocycles. The number of allylic oxidation sites excluding steroid dienone is 1. The van der Waals surface area contributed by atoms with Crippen LogP contribution in [0.3, 0.4) is 0 Å². The summed E-state index contributed by atoms with van der Waals surface area (Å²) in [6.07, 6.45) is 5.32. The number of hydrogen-bond donors (Lipinski definition) is 0. The first kappa shape index (κ1) is 5.53. The summed E-state index contributed by atoms with van der Waals surface area (Å²) in [4.78, 5) is 0. The summed E-state index contributed by atoms with van der Waals surface area (Å²) in [5, 5.41) is 8.31. The highest BCUT2D eigenvalue weighted by molar-refractivity contribution is 7.03. The maximum absolute atomic E-state index is 3.95. The van der Waals surface area contributed by atoms with Gasteiger partial charge >= 0.3 is 0 Å². The van der Waals surface area contributed by atoms with Gasteiger partial charge in [0.25, 0.3) is 0 Å². The number of aromatic nitrogens is 1. The van der Waals surface area contributed by atoms with E-state index in [1.807, 2.05) is 6.08 Å². The van der Waals surface area contributed by atoms with Gasteiger partial charge in [-0.25, -0.2) is 0 Å². The predicted octanol–water partition coefficient (Wildman–Crippen LogP) is -0.302. The van der Waals surface area contributed by atoms with Crippen LogP contribution in [0.4, 0.5) is 0 Å². The Hall–Kier alpha value is -1.25. The molecule has 2 rings (SSSR count). The zero-order valence-electron chi connectivity index (χ0n) is 4.98. The minimum Gasteiger partial charge on any atom is -0.198 e. The van der Waals surface area contributed by atoms with Crippen molar-refractivity contribution in [2.24, 2.45) is 10.2 Å². The van der Waals surface area contributed by atoms with Crippen molar-refractivity contribution in [3.8, 4) is 0 Å². The van der Waals surface area contributed by atoms with Crippen molar-refractivity contribution in [3.63, 3.8) is 0 Å². The van der Waals surface area contributed by atoms with Crippen molar-refractivity contribution in [2.45, 2.75) is 0 Å². The van der Waals surface area contributed by atoms with Crippen LogP contribution in [0.2, 0.25) is 0 Å². The van der Waals surface area contributed by atoms with Gasteiger partial charge < -0.3 is 0 Å². The number of fused-ring (bicyclic) bond motifs is 1. The maximum Gasteiger partial charge on any atom is 0.124 e. The van der Waals surface area contributed by atoms with Gasteiger partial charge in [0.05, 0.1) is 10.7 Å². The van der Waals surface area contributed by atoms with Gasteiger partial charge in [0, 0.05) is 11.9 Å². The van der Waals surface area contributed by atoms with Gasteiger partial charge in [-0.15, -0.1) is 10.2 Å². The number of rotatable bonds is 0. The second-order valence-corrected chi connectivity index (χ2v) is 2.57. The Labute approximate surface area is 60.9 Å². The van der Waals surface area contributed by atoms with E-state index in [0.29, 0.717) is 0 Å². The summed E-state index contributed by atoms with van der Waals surface area (Å²) in [7, 11) is 0. The average molecular weight is 149 g/mol. The molecule has 0 saturated carbocycles. The zero-order chi connectivity index (χ0) is 6.81. The van der Waals surface area contributed by atoms with E-state index in [4.69, 9.17) is 0 Å². The summed E-state index contributed by atoms with van der Waals surface area (Å²) in [6.45, 7) is 0. The van der Waals surface area contributed by atoms with E-state index >= 15 is 0 Å². The lowest BCUT2D eigenvalue weighted by Crippen LogP contribution is -2.16. The van der Waals surface area contributed by atoms with E-state index in [2.05, 4.69) is 20.4 Å². The molecule has 0 atom stereocenters. The van der Waals surface area contributed by atoms with Gasteiger partial charge in [0.15, 0.2) is 0 Å². The third-order valence-electron chi connectivity index (χ3n) is 1.10. The van der Waals surface area contributed by atoms with Crippen LogP contribution in [0.5, 0.6) is 0 Å². The fourth-order valence-electron chi connectivity index (χ4n) is 0.663. The highest BCUT2D eigenvalue weighted by atomic mass is 32.1. The Morgan fingerprint density at radius 3 is 3.50 bits per heavy atom. The first-order valence-electron chi connectivity index (χ1n) is 2.74. The molecule has 1 aliphatic heterocycles. The minimum atomic E-state index is 0.825. The second kappa shape index (κ2) is 2.17. The zero-order valence-corrected chi connectivity index (χ0v) is 5.80. The highest BCUT2D eigenvalue weighted by Gasteiger charge is 1.88. The van der Waals surface area contributed by atoms with Crippen molar-refractivity contribution in [1.82, 2.24) is 4.37 Å². The maximum atomic E-state index is 3.95. The van der Waals surface area contributed by atoms with Crippen LogP contribution < -0.4 is 9.89 Å². The van der Waals surface area contributed by atoms with Crippen LogP contribution in [0, 0.1) is 0 Å². The Bertz CT molecular complexity index is 374. The Morgan fingerprint density at radius 2 is 2.50 bits per heavy atom. The molecule has 48 valence electrons. The van der Waals surface area contributed by atoms with Gasteiger partial charge in [0.2, 0.25) is 0 Å². The molecule has 1 aromatic rings. The predicted molar refractivity (Wildman–Crippen MR) is 39.4 cm³/mol. The van der Waals surface area contributed by atoms with E-state index < -0.39 is 0 Å². The van der Waals surface area contributed by atoms with Gasteiger partial charge in [-0.1, -0.05) is 0 Å².